The number of hydrogen-bond donors (Lipinski definition) is 1. The van der Waals surface area contributed by atoms with Gasteiger partial charge in [0.15, 0.2) is 0 Å². The summed E-state index contributed by atoms with van der Waals surface area (Å²) in [5, 5.41) is 13.1. The molecule has 3 nitrogen and oxygen atoms in total. The number of nitriles is 1. The Bertz CT molecular complexity index is 331. The Kier molecular flexibility index (Phi) is 2.88. The van der Waals surface area contributed by atoms with Crippen LogP contribution >= 0.6 is 0 Å². The van der Waals surface area contributed by atoms with Gasteiger partial charge in [0.05, 0.1) is 6.07 Å². The fraction of sp³-hybridized carbons (Fsp3) is 0.929. The predicted octanol–water partition coefficient (Wildman–Crippen LogP) is 1.90. The first-order chi connectivity index (χ1) is 8.21. The molecule has 3 unspecified atom stereocenters. The normalized spacial score (nSPS) is 42.8. The molecule has 0 aromatic heterocycles. The Labute approximate surface area is 104 Å². The summed E-state index contributed by atoms with van der Waals surface area (Å²) in [7, 11) is 0. The molecular formula is C14H23N3. The molecule has 0 radical (unpaired) electrons. The summed E-state index contributed by atoms with van der Waals surface area (Å²) in [6.07, 6.45) is 7.19. The van der Waals surface area contributed by atoms with E-state index in [2.05, 4.69) is 23.2 Å². The van der Waals surface area contributed by atoms with Crippen LogP contribution in [0.3, 0.4) is 0 Å². The topological polar surface area (TPSA) is 39.1 Å². The lowest BCUT2D eigenvalue weighted by Gasteiger charge is -2.27. The van der Waals surface area contributed by atoms with Crippen LogP contribution in [0.1, 0.15) is 45.4 Å². The quantitative estimate of drug-likeness (QED) is 0.809. The van der Waals surface area contributed by atoms with E-state index in [0.717, 1.165) is 18.8 Å². The minimum absolute atomic E-state index is 0.197. The van der Waals surface area contributed by atoms with Crippen LogP contribution in [0.4, 0.5) is 0 Å². The maximum absolute atomic E-state index is 9.47. The molecule has 1 aliphatic heterocycles. The summed E-state index contributed by atoms with van der Waals surface area (Å²) >= 11 is 0. The molecule has 2 saturated carbocycles. The highest BCUT2D eigenvalue weighted by Gasteiger charge is 2.45. The number of nitrogens with one attached hydrogen (secondary N) is 1. The van der Waals surface area contributed by atoms with Crippen LogP contribution in [0.15, 0.2) is 0 Å². The summed E-state index contributed by atoms with van der Waals surface area (Å²) in [6.45, 7) is 4.83. The van der Waals surface area contributed by atoms with Crippen molar-refractivity contribution >= 4 is 0 Å². The highest BCUT2D eigenvalue weighted by molar-refractivity contribution is 5.15. The highest BCUT2D eigenvalue weighted by atomic mass is 15.2. The Morgan fingerprint density at radius 3 is 2.71 bits per heavy atom. The van der Waals surface area contributed by atoms with E-state index in [-0.39, 0.29) is 5.54 Å². The van der Waals surface area contributed by atoms with Crippen LogP contribution in [0.25, 0.3) is 0 Å². The molecule has 0 spiro atoms. The van der Waals surface area contributed by atoms with E-state index in [1.54, 1.807) is 0 Å². The van der Waals surface area contributed by atoms with Crippen molar-refractivity contribution in [3.05, 3.63) is 0 Å². The van der Waals surface area contributed by atoms with Gasteiger partial charge in [0, 0.05) is 18.6 Å². The lowest BCUT2D eigenvalue weighted by Crippen LogP contribution is -2.44. The van der Waals surface area contributed by atoms with Gasteiger partial charge in [-0.15, -0.1) is 0 Å². The number of nitrogens with zero attached hydrogens (tertiary/aromatic N) is 2. The number of likely N-dealkylation sites (tertiary alicyclic amines) is 1. The molecule has 2 aliphatic carbocycles. The zero-order chi connectivity index (χ0) is 11.9. The van der Waals surface area contributed by atoms with Gasteiger partial charge >= 0.3 is 0 Å². The fourth-order valence-electron chi connectivity index (χ4n) is 3.52. The van der Waals surface area contributed by atoms with Crippen molar-refractivity contribution in [3.63, 3.8) is 0 Å². The van der Waals surface area contributed by atoms with E-state index in [4.69, 9.17) is 0 Å². The lowest BCUT2D eigenvalue weighted by atomic mass is 9.99. The van der Waals surface area contributed by atoms with Crippen LogP contribution in [0.5, 0.6) is 0 Å². The molecule has 94 valence electrons. The molecule has 0 amide bonds. The van der Waals surface area contributed by atoms with Gasteiger partial charge in [0.25, 0.3) is 0 Å². The first-order valence-electron chi connectivity index (χ1n) is 7.14. The van der Waals surface area contributed by atoms with Crippen molar-refractivity contribution in [1.82, 2.24) is 10.2 Å². The van der Waals surface area contributed by atoms with Crippen LogP contribution in [-0.2, 0) is 0 Å². The average Bonchev–Trinajstić information content (AvgIpc) is 2.86. The van der Waals surface area contributed by atoms with Gasteiger partial charge in [0.1, 0.15) is 5.54 Å². The summed E-state index contributed by atoms with van der Waals surface area (Å²) in [5.74, 6) is 0.850. The number of hydrogen-bond acceptors (Lipinski definition) is 3. The Morgan fingerprint density at radius 2 is 2.12 bits per heavy atom. The summed E-state index contributed by atoms with van der Waals surface area (Å²) in [4.78, 5) is 2.62. The van der Waals surface area contributed by atoms with Gasteiger partial charge < -0.3 is 4.90 Å². The summed E-state index contributed by atoms with van der Waals surface area (Å²) < 4.78 is 0. The molecule has 0 aromatic carbocycles. The molecule has 1 saturated heterocycles. The van der Waals surface area contributed by atoms with E-state index in [0.29, 0.717) is 12.1 Å². The van der Waals surface area contributed by atoms with Gasteiger partial charge in [-0.25, -0.2) is 0 Å². The van der Waals surface area contributed by atoms with Crippen molar-refractivity contribution in [1.29, 1.82) is 5.26 Å². The Hall–Kier alpha value is -0.590. The van der Waals surface area contributed by atoms with Crippen LogP contribution in [0.2, 0.25) is 0 Å². The van der Waals surface area contributed by atoms with Gasteiger partial charge in [-0.1, -0.05) is 6.92 Å². The smallest absolute Gasteiger partial charge is 0.108 e. The van der Waals surface area contributed by atoms with E-state index < -0.39 is 0 Å². The minimum atomic E-state index is -0.197. The van der Waals surface area contributed by atoms with Crippen molar-refractivity contribution in [2.45, 2.75) is 63.1 Å². The standard InChI is InChI=1S/C14H23N3/c1-11-5-7-17(9-11)13-4-6-14(8-13,10-15)16-12-2-3-12/h11-13,16H,2-9H2,1H3. The van der Waals surface area contributed by atoms with Crippen molar-refractivity contribution in [2.75, 3.05) is 13.1 Å². The summed E-state index contributed by atoms with van der Waals surface area (Å²) in [6, 6.07) is 3.88. The maximum Gasteiger partial charge on any atom is 0.108 e. The van der Waals surface area contributed by atoms with E-state index in [1.165, 1.54) is 38.8 Å². The van der Waals surface area contributed by atoms with Crippen molar-refractivity contribution < 1.29 is 0 Å². The second-order valence-electron chi connectivity index (χ2n) is 6.40. The molecule has 3 heteroatoms. The first kappa shape index (κ1) is 11.5. The molecule has 3 aliphatic rings. The molecule has 3 rings (SSSR count). The average molecular weight is 233 g/mol. The van der Waals surface area contributed by atoms with E-state index >= 15 is 0 Å². The van der Waals surface area contributed by atoms with Gasteiger partial charge in [-0.05, 0) is 51.0 Å². The van der Waals surface area contributed by atoms with E-state index in [1.807, 2.05) is 0 Å². The molecule has 0 aromatic rings. The van der Waals surface area contributed by atoms with Gasteiger partial charge in [-0.2, -0.15) is 5.26 Å². The molecule has 0 bridgehead atoms. The number of rotatable bonds is 3. The third-order valence-corrected chi connectivity index (χ3v) is 4.73. The van der Waals surface area contributed by atoms with Gasteiger partial charge in [-0.3, -0.25) is 5.32 Å². The van der Waals surface area contributed by atoms with E-state index in [9.17, 15) is 5.26 Å². The Balaban J connectivity index is 1.61. The van der Waals surface area contributed by atoms with Crippen LogP contribution in [0, 0.1) is 17.2 Å². The fourth-order valence-corrected chi connectivity index (χ4v) is 3.52. The second kappa shape index (κ2) is 4.26. The molecule has 1 N–H and O–H groups in total. The minimum Gasteiger partial charge on any atom is -0.300 e. The Morgan fingerprint density at radius 1 is 1.29 bits per heavy atom. The third-order valence-electron chi connectivity index (χ3n) is 4.73. The second-order valence-corrected chi connectivity index (χ2v) is 6.40. The lowest BCUT2D eigenvalue weighted by molar-refractivity contribution is 0.230. The molecule has 17 heavy (non-hydrogen) atoms. The zero-order valence-electron chi connectivity index (χ0n) is 10.8. The maximum atomic E-state index is 9.47. The zero-order valence-corrected chi connectivity index (χ0v) is 10.8. The van der Waals surface area contributed by atoms with Crippen molar-refractivity contribution in [3.8, 4) is 6.07 Å². The third kappa shape index (κ3) is 2.34. The summed E-state index contributed by atoms with van der Waals surface area (Å²) in [5.41, 5.74) is -0.197. The van der Waals surface area contributed by atoms with Crippen LogP contribution in [-0.4, -0.2) is 35.6 Å². The molecular weight excluding hydrogens is 210 g/mol. The molecule has 1 heterocycles. The largest absolute Gasteiger partial charge is 0.300 e. The van der Waals surface area contributed by atoms with Crippen LogP contribution < -0.4 is 5.32 Å². The molecule has 3 fully saturated rings. The van der Waals surface area contributed by atoms with Gasteiger partial charge in [0.2, 0.25) is 0 Å². The SMILES string of the molecule is CC1CCN(C2CCC(C#N)(NC3CC3)C2)C1. The predicted molar refractivity (Wildman–Crippen MR) is 67.5 cm³/mol. The van der Waals surface area contributed by atoms with Crippen molar-refractivity contribution in [2.24, 2.45) is 5.92 Å². The molecule has 3 atom stereocenters. The first-order valence-corrected chi connectivity index (χ1v) is 7.14. The monoisotopic (exact) mass is 233 g/mol. The highest BCUT2D eigenvalue weighted by Crippen LogP contribution is 2.37.